The van der Waals surface area contributed by atoms with Gasteiger partial charge < -0.3 is 25.0 Å². The smallest absolute Gasteiger partial charge is 0.408 e. The molecule has 0 aliphatic rings. The first-order chi connectivity index (χ1) is 20.3. The van der Waals surface area contributed by atoms with E-state index >= 15 is 0 Å². The van der Waals surface area contributed by atoms with E-state index in [0.717, 1.165) is 22.3 Å². The lowest BCUT2D eigenvalue weighted by atomic mass is 9.92. The molecule has 0 fully saturated rings. The molecular formula is C35H45N3O5. The first kappa shape index (κ1) is 33.2. The monoisotopic (exact) mass is 587 g/mol. The fourth-order valence-corrected chi connectivity index (χ4v) is 5.02. The minimum atomic E-state index is -0.980. The highest BCUT2D eigenvalue weighted by Crippen LogP contribution is 2.32. The Morgan fingerprint density at radius 2 is 1.49 bits per heavy atom. The van der Waals surface area contributed by atoms with Gasteiger partial charge in [0.2, 0.25) is 5.91 Å². The Hall–Kier alpha value is -4.33. The number of anilines is 1. The summed E-state index contributed by atoms with van der Waals surface area (Å²) in [6, 6.07) is 20.1. The number of benzene rings is 3. The molecule has 3 aromatic rings. The third kappa shape index (κ3) is 9.08. The largest absolute Gasteiger partial charge is 0.497 e. The van der Waals surface area contributed by atoms with E-state index in [2.05, 4.69) is 10.6 Å². The van der Waals surface area contributed by atoms with E-state index in [-0.39, 0.29) is 24.3 Å². The van der Waals surface area contributed by atoms with E-state index in [1.165, 1.54) is 0 Å². The molecule has 0 saturated carbocycles. The third-order valence-corrected chi connectivity index (χ3v) is 7.29. The number of carbonyl (C=O) groups excluding carboxylic acids is 3. The van der Waals surface area contributed by atoms with Crippen molar-refractivity contribution in [1.29, 1.82) is 0 Å². The van der Waals surface area contributed by atoms with Crippen molar-refractivity contribution >= 4 is 23.6 Å². The molecule has 0 aliphatic heterocycles. The van der Waals surface area contributed by atoms with Crippen LogP contribution in [-0.2, 0) is 20.7 Å². The minimum Gasteiger partial charge on any atom is -0.497 e. The number of rotatable bonds is 11. The Bertz CT molecular complexity index is 1360. The van der Waals surface area contributed by atoms with Crippen LogP contribution in [0.3, 0.4) is 0 Å². The summed E-state index contributed by atoms with van der Waals surface area (Å²) in [5, 5.41) is 5.84. The number of nitrogens with zero attached hydrogens (tertiary/aromatic N) is 1. The molecule has 0 aliphatic carbocycles. The number of carbonyl (C=O) groups is 3. The summed E-state index contributed by atoms with van der Waals surface area (Å²) >= 11 is 0. The zero-order chi connectivity index (χ0) is 31.7. The molecule has 0 aromatic heterocycles. The molecule has 0 heterocycles. The summed E-state index contributed by atoms with van der Waals surface area (Å²) in [4.78, 5) is 43.6. The van der Waals surface area contributed by atoms with Gasteiger partial charge in [-0.05, 0) is 94.5 Å². The van der Waals surface area contributed by atoms with Gasteiger partial charge in [-0.15, -0.1) is 0 Å². The SMILES string of the molecule is CCC(C)N(C(=O)C(Cc1ccccc1)NC(=O)OC(C)(C)C)C(C(=O)Nc1ccc(OC)cc1)c1c(C)cccc1C. The second-order valence-electron chi connectivity index (χ2n) is 11.8. The van der Waals surface area contributed by atoms with Crippen molar-refractivity contribution in [3.8, 4) is 5.75 Å². The van der Waals surface area contributed by atoms with E-state index in [0.29, 0.717) is 17.9 Å². The van der Waals surface area contributed by atoms with Gasteiger partial charge in [-0.2, -0.15) is 0 Å². The van der Waals surface area contributed by atoms with Crippen LogP contribution >= 0.6 is 0 Å². The minimum absolute atomic E-state index is 0.228. The lowest BCUT2D eigenvalue weighted by Crippen LogP contribution is -2.55. The van der Waals surface area contributed by atoms with Crippen molar-refractivity contribution < 1.29 is 23.9 Å². The van der Waals surface area contributed by atoms with Gasteiger partial charge in [-0.25, -0.2) is 4.79 Å². The number of alkyl carbamates (subject to hydrolysis) is 1. The van der Waals surface area contributed by atoms with Crippen molar-refractivity contribution in [2.45, 2.75) is 85.0 Å². The fraction of sp³-hybridized carbons (Fsp3) is 0.400. The first-order valence-electron chi connectivity index (χ1n) is 14.7. The van der Waals surface area contributed by atoms with Gasteiger partial charge in [0.1, 0.15) is 23.4 Å². The molecule has 0 spiro atoms. The van der Waals surface area contributed by atoms with E-state index in [1.54, 1.807) is 57.0 Å². The second kappa shape index (κ2) is 14.7. The first-order valence-corrected chi connectivity index (χ1v) is 14.7. The summed E-state index contributed by atoms with van der Waals surface area (Å²) in [5.74, 6) is -0.0637. The van der Waals surface area contributed by atoms with Crippen LogP contribution in [0.5, 0.6) is 5.75 Å². The average molecular weight is 588 g/mol. The van der Waals surface area contributed by atoms with Crippen LogP contribution in [0.25, 0.3) is 0 Å². The van der Waals surface area contributed by atoms with Crippen LogP contribution < -0.4 is 15.4 Å². The topological polar surface area (TPSA) is 97.0 Å². The molecule has 3 unspecified atom stereocenters. The Kier molecular flexibility index (Phi) is 11.4. The maximum Gasteiger partial charge on any atom is 0.408 e. The number of hydrogen-bond acceptors (Lipinski definition) is 5. The fourth-order valence-electron chi connectivity index (χ4n) is 5.02. The van der Waals surface area contributed by atoms with E-state index < -0.39 is 23.8 Å². The van der Waals surface area contributed by atoms with Gasteiger partial charge in [0.25, 0.3) is 5.91 Å². The van der Waals surface area contributed by atoms with E-state index in [9.17, 15) is 14.4 Å². The number of amides is 3. The molecule has 3 aromatic carbocycles. The van der Waals surface area contributed by atoms with Crippen LogP contribution in [0.2, 0.25) is 0 Å². The number of methoxy groups -OCH3 is 1. The van der Waals surface area contributed by atoms with Crippen molar-refractivity contribution in [3.05, 3.63) is 95.1 Å². The molecule has 8 nitrogen and oxygen atoms in total. The van der Waals surface area contributed by atoms with Crippen molar-refractivity contribution in [2.24, 2.45) is 0 Å². The summed E-state index contributed by atoms with van der Waals surface area (Å²) in [6.07, 6.45) is 0.121. The molecule has 8 heteroatoms. The highest BCUT2D eigenvalue weighted by atomic mass is 16.6. The Morgan fingerprint density at radius 1 is 0.884 bits per heavy atom. The number of hydrogen-bond donors (Lipinski definition) is 2. The summed E-state index contributed by atoms with van der Waals surface area (Å²) in [7, 11) is 1.58. The predicted molar refractivity (Wildman–Crippen MR) is 170 cm³/mol. The Morgan fingerprint density at radius 3 is 2.02 bits per heavy atom. The number of aryl methyl sites for hydroxylation is 2. The van der Waals surface area contributed by atoms with Gasteiger partial charge in [-0.1, -0.05) is 55.5 Å². The maximum atomic E-state index is 14.7. The van der Waals surface area contributed by atoms with Crippen LogP contribution in [0.1, 0.15) is 69.3 Å². The van der Waals surface area contributed by atoms with Crippen LogP contribution in [0, 0.1) is 13.8 Å². The van der Waals surface area contributed by atoms with Gasteiger partial charge >= 0.3 is 6.09 Å². The molecule has 43 heavy (non-hydrogen) atoms. The summed E-state index contributed by atoms with van der Waals surface area (Å²) in [5.41, 5.74) is 3.21. The lowest BCUT2D eigenvalue weighted by molar-refractivity contribution is -0.143. The van der Waals surface area contributed by atoms with Gasteiger partial charge in [0, 0.05) is 18.2 Å². The van der Waals surface area contributed by atoms with E-state index in [1.807, 2.05) is 76.2 Å². The zero-order valence-corrected chi connectivity index (χ0v) is 26.6. The highest BCUT2D eigenvalue weighted by Gasteiger charge is 2.39. The average Bonchev–Trinajstić information content (AvgIpc) is 2.95. The van der Waals surface area contributed by atoms with E-state index in [4.69, 9.17) is 9.47 Å². The standard InChI is InChI=1S/C35H45N3O5/c1-9-25(4)38(33(40)29(22-26-16-11-10-12-17-26)37-34(41)43-35(5,6)7)31(30-23(2)14-13-15-24(30)3)32(39)36-27-18-20-28(42-8)21-19-27/h10-21,25,29,31H,9,22H2,1-8H3,(H,36,39)(H,37,41). The van der Waals surface area contributed by atoms with Crippen molar-refractivity contribution in [3.63, 3.8) is 0 Å². The number of ether oxygens (including phenoxy) is 2. The molecule has 2 N–H and O–H groups in total. The third-order valence-electron chi connectivity index (χ3n) is 7.29. The molecule has 0 radical (unpaired) electrons. The quantitative estimate of drug-likeness (QED) is 0.259. The molecule has 0 bridgehead atoms. The molecular weight excluding hydrogens is 542 g/mol. The molecule has 3 rings (SSSR count). The van der Waals surface area contributed by atoms with Crippen LogP contribution in [0.15, 0.2) is 72.8 Å². The van der Waals surface area contributed by atoms with Crippen molar-refractivity contribution in [2.75, 3.05) is 12.4 Å². The Labute approximate surface area is 255 Å². The van der Waals surface area contributed by atoms with Gasteiger partial charge in [0.15, 0.2) is 0 Å². The molecule has 0 saturated heterocycles. The normalized spacial score (nSPS) is 13.3. The zero-order valence-electron chi connectivity index (χ0n) is 26.6. The molecule has 3 atom stereocenters. The second-order valence-corrected chi connectivity index (χ2v) is 11.8. The van der Waals surface area contributed by atoms with Crippen LogP contribution in [0.4, 0.5) is 10.5 Å². The summed E-state index contributed by atoms with van der Waals surface area (Å²) in [6.45, 7) is 13.1. The molecule has 230 valence electrons. The highest BCUT2D eigenvalue weighted by molar-refractivity contribution is 5.99. The van der Waals surface area contributed by atoms with Crippen LogP contribution in [-0.4, -0.2) is 47.6 Å². The maximum absolute atomic E-state index is 14.7. The number of nitrogens with one attached hydrogen (secondary N) is 2. The van der Waals surface area contributed by atoms with Gasteiger partial charge in [0.05, 0.1) is 7.11 Å². The Balaban J connectivity index is 2.12. The van der Waals surface area contributed by atoms with Crippen molar-refractivity contribution in [1.82, 2.24) is 10.2 Å². The van der Waals surface area contributed by atoms with Gasteiger partial charge in [-0.3, -0.25) is 9.59 Å². The summed E-state index contributed by atoms with van der Waals surface area (Å²) < 4.78 is 10.8. The predicted octanol–water partition coefficient (Wildman–Crippen LogP) is 6.75. The molecule has 3 amide bonds. The lowest BCUT2D eigenvalue weighted by Gasteiger charge is -2.39.